The summed E-state index contributed by atoms with van der Waals surface area (Å²) in [5, 5.41) is 5.22. The first-order valence-electron chi connectivity index (χ1n) is 13.3. The van der Waals surface area contributed by atoms with Crippen LogP contribution < -0.4 is 0 Å². The van der Waals surface area contributed by atoms with E-state index in [0.717, 1.165) is 39.5 Å². The highest BCUT2D eigenvalue weighted by atomic mass is 19.2. The molecule has 0 aliphatic heterocycles. The van der Waals surface area contributed by atoms with Gasteiger partial charge in [0.05, 0.1) is 5.71 Å². The smallest absolute Gasteiger partial charge is 0.165 e. The molecule has 6 heteroatoms. The quantitative estimate of drug-likeness (QED) is 0.124. The first kappa shape index (κ1) is 28.2. The average molecular weight is 531 g/mol. The third-order valence-electron chi connectivity index (χ3n) is 6.61. The van der Waals surface area contributed by atoms with Gasteiger partial charge < -0.3 is 9.40 Å². The summed E-state index contributed by atoms with van der Waals surface area (Å²) in [5.41, 5.74) is 5.56. The summed E-state index contributed by atoms with van der Waals surface area (Å²) in [6.07, 6.45) is 0.518. The molecule has 4 aromatic rings. The van der Waals surface area contributed by atoms with E-state index in [2.05, 4.69) is 41.8 Å². The number of fused-ring (bicyclic) bond motifs is 1. The Morgan fingerprint density at radius 3 is 2.31 bits per heavy atom. The van der Waals surface area contributed by atoms with Gasteiger partial charge in [-0.25, -0.2) is 8.78 Å². The standard InChI is InChI=1S/C33H36F2N2O2/c1-21(2)32-31(30(38)17-13-23-12-16-27(34)28(35)18-23)26-15-14-25(22(3)36-39-33(4,5)6)19-29(26)37(32)20-24-10-8-7-9-11-24/h7-12,14-16,18-19,21H,13,17,20H2,1-6H3/b36-22+. The van der Waals surface area contributed by atoms with E-state index in [9.17, 15) is 13.6 Å². The van der Waals surface area contributed by atoms with Crippen molar-refractivity contribution in [3.05, 3.63) is 106 Å². The van der Waals surface area contributed by atoms with Gasteiger partial charge in [-0.2, -0.15) is 0 Å². The second-order valence-electron chi connectivity index (χ2n) is 11.3. The third-order valence-corrected chi connectivity index (χ3v) is 6.61. The molecule has 0 spiro atoms. The van der Waals surface area contributed by atoms with Crippen molar-refractivity contribution in [3.8, 4) is 0 Å². The Bertz CT molecular complexity index is 1510. The molecule has 204 valence electrons. The van der Waals surface area contributed by atoms with Crippen LogP contribution in [0, 0.1) is 11.6 Å². The Morgan fingerprint density at radius 1 is 0.949 bits per heavy atom. The molecule has 0 radical (unpaired) electrons. The van der Waals surface area contributed by atoms with Crippen LogP contribution in [0.5, 0.6) is 0 Å². The van der Waals surface area contributed by atoms with Gasteiger partial charge in [0.25, 0.3) is 0 Å². The van der Waals surface area contributed by atoms with E-state index >= 15 is 0 Å². The van der Waals surface area contributed by atoms with E-state index in [1.807, 2.05) is 58.0 Å². The fourth-order valence-corrected chi connectivity index (χ4v) is 4.76. The Kier molecular flexibility index (Phi) is 8.34. The van der Waals surface area contributed by atoms with Gasteiger partial charge in [0.1, 0.15) is 5.60 Å². The normalized spacial score (nSPS) is 12.4. The van der Waals surface area contributed by atoms with E-state index in [1.165, 1.54) is 12.1 Å². The highest BCUT2D eigenvalue weighted by molar-refractivity contribution is 6.11. The summed E-state index contributed by atoms with van der Waals surface area (Å²) in [6.45, 7) is 12.6. The molecule has 0 amide bonds. The lowest BCUT2D eigenvalue weighted by Crippen LogP contribution is -2.16. The van der Waals surface area contributed by atoms with Crippen molar-refractivity contribution in [2.45, 2.75) is 72.4 Å². The van der Waals surface area contributed by atoms with E-state index in [1.54, 1.807) is 0 Å². The zero-order chi connectivity index (χ0) is 28.3. The van der Waals surface area contributed by atoms with Gasteiger partial charge in [-0.1, -0.05) is 67.5 Å². The third kappa shape index (κ3) is 6.62. The van der Waals surface area contributed by atoms with Crippen LogP contribution in [0.15, 0.2) is 71.9 Å². The molecule has 0 aliphatic carbocycles. The van der Waals surface area contributed by atoms with E-state index in [-0.39, 0.29) is 18.1 Å². The van der Waals surface area contributed by atoms with Crippen molar-refractivity contribution in [1.29, 1.82) is 0 Å². The monoisotopic (exact) mass is 530 g/mol. The van der Waals surface area contributed by atoms with Crippen LogP contribution >= 0.6 is 0 Å². The molecule has 0 saturated carbocycles. The molecule has 3 aromatic carbocycles. The molecule has 39 heavy (non-hydrogen) atoms. The van der Waals surface area contributed by atoms with Gasteiger partial charge in [-0.05, 0) is 69.4 Å². The number of rotatable bonds is 9. The molecule has 0 N–H and O–H groups in total. The summed E-state index contributed by atoms with van der Waals surface area (Å²) in [7, 11) is 0. The first-order valence-corrected chi connectivity index (χ1v) is 13.3. The molecule has 0 saturated heterocycles. The molecule has 1 heterocycles. The molecule has 0 fully saturated rings. The van der Waals surface area contributed by atoms with Crippen molar-refractivity contribution in [1.82, 2.24) is 4.57 Å². The Morgan fingerprint density at radius 2 is 1.67 bits per heavy atom. The number of carbonyl (C=O) groups excluding carboxylic acids is 1. The maximum absolute atomic E-state index is 13.8. The Balaban J connectivity index is 1.81. The second-order valence-corrected chi connectivity index (χ2v) is 11.3. The van der Waals surface area contributed by atoms with Crippen molar-refractivity contribution in [2.24, 2.45) is 5.16 Å². The number of ketones is 1. The van der Waals surface area contributed by atoms with Crippen LogP contribution in [0.3, 0.4) is 0 Å². The van der Waals surface area contributed by atoms with Gasteiger partial charge in [-0.15, -0.1) is 0 Å². The molecule has 4 rings (SSSR count). The number of carbonyl (C=O) groups is 1. The van der Waals surface area contributed by atoms with Crippen LogP contribution in [0.2, 0.25) is 0 Å². The van der Waals surface area contributed by atoms with Gasteiger partial charge >= 0.3 is 0 Å². The van der Waals surface area contributed by atoms with E-state index < -0.39 is 17.2 Å². The molecular formula is C33H36F2N2O2. The maximum Gasteiger partial charge on any atom is 0.165 e. The number of hydrogen-bond acceptors (Lipinski definition) is 3. The van der Waals surface area contributed by atoms with Crippen molar-refractivity contribution >= 4 is 22.4 Å². The molecular weight excluding hydrogens is 494 g/mol. The number of oxime groups is 1. The summed E-state index contributed by atoms with van der Waals surface area (Å²) in [6, 6.07) is 20.0. The fraction of sp³-hybridized carbons (Fsp3) is 0.333. The van der Waals surface area contributed by atoms with Crippen LogP contribution in [-0.2, 0) is 17.8 Å². The number of benzene rings is 3. The maximum atomic E-state index is 13.8. The minimum absolute atomic E-state index is 0.0190. The molecule has 1 aromatic heterocycles. The Labute approximate surface area is 229 Å². The zero-order valence-electron chi connectivity index (χ0n) is 23.5. The summed E-state index contributed by atoms with van der Waals surface area (Å²) in [5.74, 6) is -1.74. The van der Waals surface area contributed by atoms with E-state index in [0.29, 0.717) is 24.1 Å². The fourth-order valence-electron chi connectivity index (χ4n) is 4.76. The number of nitrogens with zero attached hydrogens (tertiary/aromatic N) is 2. The number of aryl methyl sites for hydroxylation is 1. The lowest BCUT2D eigenvalue weighted by Gasteiger charge is -2.16. The van der Waals surface area contributed by atoms with E-state index in [4.69, 9.17) is 4.84 Å². The second kappa shape index (κ2) is 11.5. The first-order chi connectivity index (χ1) is 18.4. The van der Waals surface area contributed by atoms with Crippen molar-refractivity contribution in [3.63, 3.8) is 0 Å². The zero-order valence-corrected chi connectivity index (χ0v) is 23.5. The molecule has 0 unspecified atom stereocenters. The lowest BCUT2D eigenvalue weighted by atomic mass is 9.95. The van der Waals surface area contributed by atoms with Crippen molar-refractivity contribution in [2.75, 3.05) is 0 Å². The average Bonchev–Trinajstić information content (AvgIpc) is 3.21. The molecule has 0 atom stereocenters. The molecule has 4 nitrogen and oxygen atoms in total. The van der Waals surface area contributed by atoms with Crippen LogP contribution in [0.4, 0.5) is 8.78 Å². The summed E-state index contributed by atoms with van der Waals surface area (Å²) >= 11 is 0. The largest absolute Gasteiger partial charge is 0.390 e. The SMILES string of the molecule is C/C(=N\OC(C)(C)C)c1ccc2c(C(=O)CCc3ccc(F)c(F)c3)c(C(C)C)n(Cc3ccccc3)c2c1. The van der Waals surface area contributed by atoms with Crippen LogP contribution in [0.1, 0.15) is 86.6 Å². The summed E-state index contributed by atoms with van der Waals surface area (Å²) < 4.78 is 29.4. The van der Waals surface area contributed by atoms with Crippen LogP contribution in [-0.4, -0.2) is 21.7 Å². The highest BCUT2D eigenvalue weighted by Gasteiger charge is 2.25. The van der Waals surface area contributed by atoms with Crippen molar-refractivity contribution < 1.29 is 18.4 Å². The Hall–Kier alpha value is -3.80. The van der Waals surface area contributed by atoms with Gasteiger partial charge in [0.2, 0.25) is 0 Å². The minimum atomic E-state index is -0.901. The molecule has 0 bridgehead atoms. The molecule has 0 aliphatic rings. The van der Waals surface area contributed by atoms with Gasteiger partial charge in [0.15, 0.2) is 17.4 Å². The lowest BCUT2D eigenvalue weighted by molar-refractivity contribution is 0.000953. The summed E-state index contributed by atoms with van der Waals surface area (Å²) in [4.78, 5) is 19.4. The van der Waals surface area contributed by atoms with Gasteiger partial charge in [0, 0.05) is 40.7 Å². The minimum Gasteiger partial charge on any atom is -0.390 e. The highest BCUT2D eigenvalue weighted by Crippen LogP contribution is 2.34. The number of aromatic nitrogens is 1. The van der Waals surface area contributed by atoms with Crippen LogP contribution in [0.25, 0.3) is 10.9 Å². The number of hydrogen-bond donors (Lipinski definition) is 0. The number of halogens is 2. The van der Waals surface area contributed by atoms with Gasteiger partial charge in [-0.3, -0.25) is 4.79 Å². The predicted octanol–water partition coefficient (Wildman–Crippen LogP) is 8.45. The topological polar surface area (TPSA) is 43.6 Å². The number of Topliss-reactive ketones (excluding diaryl/α,β-unsaturated/α-hetero) is 1. The predicted molar refractivity (Wildman–Crippen MR) is 154 cm³/mol.